The van der Waals surface area contributed by atoms with Gasteiger partial charge >= 0.3 is 0 Å². The molecule has 0 aromatic heterocycles. The van der Waals surface area contributed by atoms with Crippen molar-refractivity contribution in [2.24, 2.45) is 35.0 Å². The lowest BCUT2D eigenvalue weighted by Gasteiger charge is -2.68. The average Bonchev–Trinajstić information content (AvgIpc) is 3.16. The number of nitrogens with zero attached hydrogens (tertiary/aromatic N) is 1. The molecule has 5 saturated carbocycles. The molecule has 158 valence electrons. The fraction of sp³-hybridized carbons (Fsp3) is 1.00. The highest BCUT2D eigenvalue weighted by atomic mass is 16.5. The monoisotopic (exact) mass is 393 g/mol. The van der Waals surface area contributed by atoms with Crippen LogP contribution in [-0.2, 0) is 9.47 Å². The number of rotatable bonds is 3. The van der Waals surface area contributed by atoms with Gasteiger partial charge in [-0.3, -0.25) is 4.90 Å². The van der Waals surface area contributed by atoms with Crippen molar-refractivity contribution in [2.75, 3.05) is 27.3 Å². The number of fused-ring (bicyclic) bond motifs is 2. The molecular weight excluding hydrogens is 358 g/mol. The van der Waals surface area contributed by atoms with Gasteiger partial charge in [0, 0.05) is 56.4 Å². The topological polar surface area (TPSA) is 82.4 Å². The third-order valence-corrected chi connectivity index (χ3v) is 10.5. The van der Waals surface area contributed by atoms with Crippen molar-refractivity contribution in [1.82, 2.24) is 4.90 Å². The summed E-state index contributed by atoms with van der Waals surface area (Å²) >= 11 is 0. The number of likely N-dealkylation sites (N-methyl/N-ethyl adjacent to an activating group) is 1. The number of likely N-dealkylation sites (tertiary alicyclic amines) is 1. The molecule has 6 rings (SSSR count). The van der Waals surface area contributed by atoms with Gasteiger partial charge in [-0.2, -0.15) is 0 Å². The first kappa shape index (κ1) is 18.5. The Balaban J connectivity index is 1.59. The Morgan fingerprint density at radius 2 is 1.89 bits per heavy atom. The van der Waals surface area contributed by atoms with Gasteiger partial charge in [-0.1, -0.05) is 6.92 Å². The number of aliphatic hydroxyl groups excluding tert-OH is 1. The van der Waals surface area contributed by atoms with E-state index in [9.17, 15) is 15.3 Å². The van der Waals surface area contributed by atoms with E-state index in [1.807, 2.05) is 0 Å². The normalized spacial score (nSPS) is 64.3. The number of hydrogen-bond acceptors (Lipinski definition) is 6. The minimum absolute atomic E-state index is 0.00139. The minimum Gasteiger partial charge on any atom is -0.392 e. The molecule has 7 bridgehead atoms. The Labute approximate surface area is 167 Å². The molecule has 0 unspecified atom stereocenters. The molecule has 0 radical (unpaired) electrons. The van der Waals surface area contributed by atoms with Crippen molar-refractivity contribution in [2.45, 2.75) is 74.6 Å². The van der Waals surface area contributed by atoms with E-state index in [4.69, 9.17) is 9.47 Å². The summed E-state index contributed by atoms with van der Waals surface area (Å²) in [6.07, 6.45) is 3.31. The molecule has 3 N–H and O–H groups in total. The SMILES string of the molecule is CCN1C[C@@]2(O)CC[C@@H](O)[C@@]34[C@@H]1[C@@H](C[C@@H]23)[C@]1(O)C[C@@H](OC)[C@@H]2C[C@H]4[C@H]1[C@H]2OC. The van der Waals surface area contributed by atoms with Crippen LogP contribution in [0.3, 0.4) is 0 Å². The van der Waals surface area contributed by atoms with Crippen LogP contribution in [0.25, 0.3) is 0 Å². The lowest BCUT2D eigenvalue weighted by Crippen LogP contribution is -2.77. The van der Waals surface area contributed by atoms with Gasteiger partial charge in [-0.15, -0.1) is 0 Å². The highest BCUT2D eigenvalue weighted by Gasteiger charge is 2.83. The van der Waals surface area contributed by atoms with E-state index in [2.05, 4.69) is 11.8 Å². The van der Waals surface area contributed by atoms with E-state index in [0.29, 0.717) is 25.8 Å². The van der Waals surface area contributed by atoms with Gasteiger partial charge in [-0.05, 0) is 44.1 Å². The summed E-state index contributed by atoms with van der Waals surface area (Å²) in [5.41, 5.74) is -1.90. The van der Waals surface area contributed by atoms with Gasteiger partial charge in [0.05, 0.1) is 29.5 Å². The van der Waals surface area contributed by atoms with Gasteiger partial charge in [0.2, 0.25) is 0 Å². The maximum Gasteiger partial charge on any atom is 0.0810 e. The molecule has 0 aromatic carbocycles. The number of ether oxygens (including phenoxy) is 2. The first-order chi connectivity index (χ1) is 13.4. The van der Waals surface area contributed by atoms with Gasteiger partial charge in [0.15, 0.2) is 0 Å². The summed E-state index contributed by atoms with van der Waals surface area (Å²) in [5.74, 6) is 0.622. The summed E-state index contributed by atoms with van der Waals surface area (Å²) in [5, 5.41) is 35.6. The van der Waals surface area contributed by atoms with Crippen LogP contribution in [-0.4, -0.2) is 83.1 Å². The highest BCUT2D eigenvalue weighted by Crippen LogP contribution is 2.77. The van der Waals surface area contributed by atoms with E-state index in [0.717, 1.165) is 19.4 Å². The van der Waals surface area contributed by atoms with Crippen molar-refractivity contribution in [3.8, 4) is 0 Å². The Bertz CT molecular complexity index is 690. The zero-order chi connectivity index (χ0) is 19.6. The highest BCUT2D eigenvalue weighted by molar-refractivity contribution is 5.33. The summed E-state index contributed by atoms with van der Waals surface area (Å²) in [4.78, 5) is 2.40. The fourth-order valence-electron chi connectivity index (χ4n) is 9.96. The standard InChI is InChI=1S/C22H35NO5/c1-4-23-10-20(25)6-5-16(24)22-12-7-11-14(27-2)9-21(26,17(12)18(11)28-3)13(19(22)23)8-15(20)22/h11-19,24-26H,4-10H2,1-3H3/t11-,12-,13+,14+,15-,16+,17-,18-,19-,20-,21+,22-/m0/s1. The van der Waals surface area contributed by atoms with E-state index in [1.54, 1.807) is 14.2 Å². The molecular formula is C22H35NO5. The average molecular weight is 394 g/mol. The number of β-amino-alcohol motifs (C(OH)–C–C–N with tert-alkyl or cyclic N) is 1. The van der Waals surface area contributed by atoms with E-state index >= 15 is 0 Å². The van der Waals surface area contributed by atoms with Crippen LogP contribution in [0, 0.1) is 35.0 Å². The number of piperidine rings is 1. The fourth-order valence-corrected chi connectivity index (χ4v) is 9.96. The molecule has 6 fully saturated rings. The van der Waals surface area contributed by atoms with Crippen molar-refractivity contribution >= 4 is 0 Å². The molecule has 5 aliphatic carbocycles. The van der Waals surface area contributed by atoms with Crippen LogP contribution in [0.15, 0.2) is 0 Å². The van der Waals surface area contributed by atoms with Crippen LogP contribution in [0.5, 0.6) is 0 Å². The molecule has 6 nitrogen and oxygen atoms in total. The molecule has 1 aliphatic heterocycles. The molecule has 28 heavy (non-hydrogen) atoms. The predicted octanol–water partition coefficient (Wildman–Crippen LogP) is 0.630. The Hall–Kier alpha value is -0.240. The van der Waals surface area contributed by atoms with E-state index in [-0.39, 0.29) is 53.3 Å². The minimum atomic E-state index is -0.843. The lowest BCUT2D eigenvalue weighted by atomic mass is 9.45. The van der Waals surface area contributed by atoms with Gasteiger partial charge < -0.3 is 24.8 Å². The first-order valence-corrected chi connectivity index (χ1v) is 11.3. The molecule has 12 atom stereocenters. The number of aliphatic hydroxyl groups is 3. The second-order valence-corrected chi connectivity index (χ2v) is 10.8. The van der Waals surface area contributed by atoms with Gasteiger partial charge in [0.25, 0.3) is 0 Å². The van der Waals surface area contributed by atoms with Crippen LogP contribution in [0.4, 0.5) is 0 Å². The van der Waals surface area contributed by atoms with Crippen molar-refractivity contribution in [3.63, 3.8) is 0 Å². The van der Waals surface area contributed by atoms with Crippen molar-refractivity contribution in [3.05, 3.63) is 0 Å². The molecule has 6 aliphatic rings. The first-order valence-electron chi connectivity index (χ1n) is 11.3. The van der Waals surface area contributed by atoms with Crippen molar-refractivity contribution in [1.29, 1.82) is 0 Å². The van der Waals surface area contributed by atoms with Crippen LogP contribution in [0.1, 0.15) is 39.0 Å². The largest absolute Gasteiger partial charge is 0.392 e. The lowest BCUT2D eigenvalue weighted by molar-refractivity contribution is -0.281. The predicted molar refractivity (Wildman–Crippen MR) is 102 cm³/mol. The van der Waals surface area contributed by atoms with Crippen LogP contribution < -0.4 is 0 Å². The molecule has 0 aromatic rings. The third-order valence-electron chi connectivity index (χ3n) is 10.5. The zero-order valence-electron chi connectivity index (χ0n) is 17.3. The summed E-state index contributed by atoms with van der Waals surface area (Å²) in [6.45, 7) is 3.69. The Morgan fingerprint density at radius 1 is 1.11 bits per heavy atom. The quantitative estimate of drug-likeness (QED) is 0.653. The molecule has 6 heteroatoms. The van der Waals surface area contributed by atoms with E-state index < -0.39 is 17.3 Å². The summed E-state index contributed by atoms with van der Waals surface area (Å²) in [6, 6.07) is 0.149. The molecule has 0 amide bonds. The smallest absolute Gasteiger partial charge is 0.0810 e. The second-order valence-electron chi connectivity index (χ2n) is 10.8. The molecule has 1 heterocycles. The summed E-state index contributed by atoms with van der Waals surface area (Å²) in [7, 11) is 3.52. The number of methoxy groups -OCH3 is 2. The molecule has 1 saturated heterocycles. The Morgan fingerprint density at radius 3 is 2.57 bits per heavy atom. The second kappa shape index (κ2) is 5.51. The number of hydrogen-bond donors (Lipinski definition) is 3. The molecule has 1 spiro atoms. The zero-order valence-corrected chi connectivity index (χ0v) is 17.3. The van der Waals surface area contributed by atoms with Gasteiger partial charge in [0.1, 0.15) is 0 Å². The summed E-state index contributed by atoms with van der Waals surface area (Å²) < 4.78 is 11.9. The van der Waals surface area contributed by atoms with Crippen LogP contribution in [0.2, 0.25) is 0 Å². The van der Waals surface area contributed by atoms with Gasteiger partial charge in [-0.25, -0.2) is 0 Å². The maximum atomic E-state index is 12.3. The Kier molecular flexibility index (Phi) is 3.65. The van der Waals surface area contributed by atoms with Crippen molar-refractivity contribution < 1.29 is 24.8 Å². The van der Waals surface area contributed by atoms with E-state index in [1.165, 1.54) is 0 Å². The maximum absolute atomic E-state index is 12.3. The van der Waals surface area contributed by atoms with Crippen LogP contribution >= 0.6 is 0 Å². The third kappa shape index (κ3) is 1.72.